The molecule has 1 unspecified atom stereocenters. The molecular weight excluding hydrogens is 373 g/mol. The molecule has 0 aliphatic heterocycles. The third-order valence-electron chi connectivity index (χ3n) is 6.59. The molecule has 0 heterocycles. The topological polar surface area (TPSA) is 55.4 Å². The van der Waals surface area contributed by atoms with Crippen LogP contribution in [0, 0.1) is 23.2 Å². The third kappa shape index (κ3) is 3.11. The van der Waals surface area contributed by atoms with Crippen molar-refractivity contribution in [2.45, 2.75) is 44.6 Å². The van der Waals surface area contributed by atoms with Crippen molar-refractivity contribution in [3.8, 4) is 0 Å². The van der Waals surface area contributed by atoms with Crippen LogP contribution in [-0.4, -0.2) is 25.0 Å². The Bertz CT molecular complexity index is 713. The van der Waals surface area contributed by atoms with Gasteiger partial charge in [-0.3, -0.25) is 4.79 Å². The Morgan fingerprint density at radius 2 is 1.69 bits per heavy atom. The molecular formula is C20H23Cl2NO3. The fraction of sp³-hybridized carbons (Fsp3) is 0.600. The van der Waals surface area contributed by atoms with Crippen molar-refractivity contribution >= 4 is 35.1 Å². The molecule has 4 bridgehead atoms. The molecule has 0 spiro atoms. The summed E-state index contributed by atoms with van der Waals surface area (Å²) >= 11 is 12.1. The molecule has 140 valence electrons. The molecule has 4 nitrogen and oxygen atoms in total. The van der Waals surface area contributed by atoms with E-state index >= 15 is 0 Å². The lowest BCUT2D eigenvalue weighted by Gasteiger charge is -2.58. The van der Waals surface area contributed by atoms with E-state index in [2.05, 4.69) is 5.32 Å². The molecule has 26 heavy (non-hydrogen) atoms. The van der Waals surface area contributed by atoms with Gasteiger partial charge in [0.05, 0.1) is 17.7 Å². The zero-order valence-electron chi connectivity index (χ0n) is 14.8. The van der Waals surface area contributed by atoms with Gasteiger partial charge in [-0.25, -0.2) is 4.79 Å². The smallest absolute Gasteiger partial charge is 0.328 e. The molecule has 1 aromatic rings. The molecule has 4 aliphatic carbocycles. The van der Waals surface area contributed by atoms with E-state index in [9.17, 15) is 9.59 Å². The maximum absolute atomic E-state index is 12.9. The van der Waals surface area contributed by atoms with E-state index in [0.717, 1.165) is 19.3 Å². The van der Waals surface area contributed by atoms with Crippen molar-refractivity contribution in [1.29, 1.82) is 0 Å². The number of benzene rings is 1. The molecule has 1 N–H and O–H groups in total. The fourth-order valence-electron chi connectivity index (χ4n) is 5.99. The van der Waals surface area contributed by atoms with E-state index in [-0.39, 0.29) is 22.3 Å². The highest BCUT2D eigenvalue weighted by Gasteiger charge is 2.56. The second kappa shape index (κ2) is 6.72. The van der Waals surface area contributed by atoms with Gasteiger partial charge < -0.3 is 10.1 Å². The van der Waals surface area contributed by atoms with Gasteiger partial charge in [0.15, 0.2) is 0 Å². The van der Waals surface area contributed by atoms with Crippen LogP contribution in [0.4, 0.5) is 0 Å². The summed E-state index contributed by atoms with van der Waals surface area (Å²) in [5.74, 6) is 1.31. The van der Waals surface area contributed by atoms with Crippen LogP contribution < -0.4 is 5.32 Å². The molecule has 4 saturated carbocycles. The summed E-state index contributed by atoms with van der Waals surface area (Å²) in [5, 5.41) is 3.71. The number of methoxy groups -OCH3 is 1. The molecule has 6 heteroatoms. The summed E-state index contributed by atoms with van der Waals surface area (Å²) in [7, 11) is 1.39. The Morgan fingerprint density at radius 3 is 2.19 bits per heavy atom. The number of ether oxygens (including phenoxy) is 1. The standard InChI is InChI=1S/C20H23Cl2NO3/c1-26-19(25)17(23-18(24)15-3-2-14(21)7-16(15)22)20-8-11-4-12(9-20)6-13(5-11)10-20/h2-3,7,11-13,17H,4-6,8-10H2,1H3,(H,23,24). The van der Waals surface area contributed by atoms with E-state index in [0.29, 0.717) is 28.3 Å². The monoisotopic (exact) mass is 395 g/mol. The van der Waals surface area contributed by atoms with Crippen LogP contribution in [-0.2, 0) is 9.53 Å². The van der Waals surface area contributed by atoms with Gasteiger partial charge in [-0.2, -0.15) is 0 Å². The molecule has 4 fully saturated rings. The fourth-order valence-corrected chi connectivity index (χ4v) is 6.49. The number of carbonyl (C=O) groups is 2. The van der Waals surface area contributed by atoms with E-state index < -0.39 is 6.04 Å². The Hall–Kier alpha value is -1.26. The second-order valence-electron chi connectivity index (χ2n) is 8.33. The molecule has 0 radical (unpaired) electrons. The largest absolute Gasteiger partial charge is 0.467 e. The highest BCUT2D eigenvalue weighted by atomic mass is 35.5. The van der Waals surface area contributed by atoms with Gasteiger partial charge in [-0.15, -0.1) is 0 Å². The summed E-state index contributed by atoms with van der Waals surface area (Å²) in [5.41, 5.74) is 0.144. The number of carbonyl (C=O) groups excluding carboxylic acids is 2. The lowest BCUT2D eigenvalue weighted by Crippen LogP contribution is -2.60. The molecule has 1 amide bonds. The molecule has 1 atom stereocenters. The van der Waals surface area contributed by atoms with Crippen molar-refractivity contribution in [2.24, 2.45) is 23.2 Å². The van der Waals surface area contributed by atoms with Crippen molar-refractivity contribution in [3.63, 3.8) is 0 Å². The van der Waals surface area contributed by atoms with Crippen molar-refractivity contribution in [3.05, 3.63) is 33.8 Å². The Labute approximate surface area is 163 Å². The minimum Gasteiger partial charge on any atom is -0.467 e. The predicted molar refractivity (Wildman–Crippen MR) is 100 cm³/mol. The molecule has 5 rings (SSSR count). The maximum atomic E-state index is 12.9. The molecule has 4 aliphatic rings. The predicted octanol–water partition coefficient (Wildman–Crippen LogP) is 4.48. The maximum Gasteiger partial charge on any atom is 0.328 e. The first kappa shape index (κ1) is 18.1. The van der Waals surface area contributed by atoms with E-state index in [1.165, 1.54) is 32.4 Å². The Balaban J connectivity index is 1.62. The summed E-state index contributed by atoms with van der Waals surface area (Å²) in [6.45, 7) is 0. The number of nitrogens with one attached hydrogen (secondary N) is 1. The zero-order valence-corrected chi connectivity index (χ0v) is 16.3. The van der Waals surface area contributed by atoms with Gasteiger partial charge in [-0.1, -0.05) is 23.2 Å². The molecule has 0 saturated heterocycles. The van der Waals surface area contributed by atoms with E-state index in [1.54, 1.807) is 12.1 Å². The quantitative estimate of drug-likeness (QED) is 0.764. The van der Waals surface area contributed by atoms with Crippen LogP contribution in [0.1, 0.15) is 48.9 Å². The van der Waals surface area contributed by atoms with Crippen LogP contribution in [0.5, 0.6) is 0 Å². The number of rotatable bonds is 4. The second-order valence-corrected chi connectivity index (χ2v) is 9.18. The van der Waals surface area contributed by atoms with Crippen LogP contribution in [0.25, 0.3) is 0 Å². The van der Waals surface area contributed by atoms with Crippen molar-refractivity contribution in [1.82, 2.24) is 5.32 Å². The van der Waals surface area contributed by atoms with Crippen LogP contribution >= 0.6 is 23.2 Å². The summed E-state index contributed by atoms with van der Waals surface area (Å²) in [6, 6.07) is 4.13. The number of esters is 1. The number of hydrogen-bond acceptors (Lipinski definition) is 3. The molecule has 0 aromatic heterocycles. The first-order valence-corrected chi connectivity index (χ1v) is 9.99. The molecule has 1 aromatic carbocycles. The minimum absolute atomic E-state index is 0.184. The minimum atomic E-state index is -0.625. The number of halogens is 2. The average Bonchev–Trinajstić information content (AvgIpc) is 2.57. The SMILES string of the molecule is COC(=O)C(NC(=O)c1ccc(Cl)cc1Cl)C12CC3CC(CC(C3)C1)C2. The van der Waals surface area contributed by atoms with Crippen LogP contribution in [0.3, 0.4) is 0 Å². The van der Waals surface area contributed by atoms with Crippen molar-refractivity contribution < 1.29 is 14.3 Å². The zero-order chi connectivity index (χ0) is 18.5. The third-order valence-corrected chi connectivity index (χ3v) is 7.13. The average molecular weight is 396 g/mol. The normalized spacial score (nSPS) is 33.0. The summed E-state index contributed by atoms with van der Waals surface area (Å²) < 4.78 is 5.08. The van der Waals surface area contributed by atoms with Crippen LogP contribution in [0.2, 0.25) is 10.0 Å². The van der Waals surface area contributed by atoms with E-state index in [4.69, 9.17) is 27.9 Å². The van der Waals surface area contributed by atoms with E-state index in [1.807, 2.05) is 0 Å². The first-order valence-electron chi connectivity index (χ1n) is 9.24. The Morgan fingerprint density at radius 1 is 1.12 bits per heavy atom. The van der Waals surface area contributed by atoms with Crippen molar-refractivity contribution in [2.75, 3.05) is 7.11 Å². The van der Waals surface area contributed by atoms with Gasteiger partial charge in [0.1, 0.15) is 6.04 Å². The lowest BCUT2D eigenvalue weighted by atomic mass is 9.47. The summed E-state index contributed by atoms with van der Waals surface area (Å²) in [4.78, 5) is 25.5. The Kier molecular flexibility index (Phi) is 4.68. The first-order chi connectivity index (χ1) is 12.4. The van der Waals surface area contributed by atoms with Gasteiger partial charge in [0.25, 0.3) is 5.91 Å². The highest BCUT2D eigenvalue weighted by molar-refractivity contribution is 6.36. The highest BCUT2D eigenvalue weighted by Crippen LogP contribution is 2.61. The number of amides is 1. The van der Waals surface area contributed by atoms with Gasteiger partial charge in [0, 0.05) is 10.4 Å². The van der Waals surface area contributed by atoms with Gasteiger partial charge >= 0.3 is 5.97 Å². The van der Waals surface area contributed by atoms with Gasteiger partial charge in [-0.05, 0) is 74.5 Å². The number of hydrogen-bond donors (Lipinski definition) is 1. The lowest BCUT2D eigenvalue weighted by molar-refractivity contribution is -0.154. The van der Waals surface area contributed by atoms with Crippen LogP contribution in [0.15, 0.2) is 18.2 Å². The van der Waals surface area contributed by atoms with Gasteiger partial charge in [0.2, 0.25) is 0 Å². The summed E-state index contributed by atoms with van der Waals surface area (Å²) in [6.07, 6.45) is 6.78.